The molecule has 1 heterocycles. The standard InChI is InChI=1S/C10H6F3N3O/c11-10(12,13)7-3-1-2-6(4-7)9-8(5-17)14-16-15-9/h1-5H,(H,14,15,16). The molecule has 1 aromatic heterocycles. The molecule has 0 atom stereocenters. The molecule has 0 radical (unpaired) electrons. The number of carbonyl (C=O) groups excluding carboxylic acids is 1. The maximum absolute atomic E-state index is 12.5. The molecule has 0 aliphatic carbocycles. The van der Waals surface area contributed by atoms with Gasteiger partial charge < -0.3 is 0 Å². The number of aromatic nitrogens is 3. The summed E-state index contributed by atoms with van der Waals surface area (Å²) in [6, 6.07) is 4.55. The third kappa shape index (κ3) is 2.17. The number of aldehydes is 1. The molecule has 0 fully saturated rings. The number of rotatable bonds is 2. The molecule has 0 saturated carbocycles. The van der Waals surface area contributed by atoms with Gasteiger partial charge in [0.2, 0.25) is 0 Å². The van der Waals surface area contributed by atoms with E-state index in [1.807, 2.05) is 0 Å². The Balaban J connectivity index is 2.51. The fourth-order valence-electron chi connectivity index (χ4n) is 1.38. The van der Waals surface area contributed by atoms with E-state index in [1.165, 1.54) is 12.1 Å². The highest BCUT2D eigenvalue weighted by Crippen LogP contribution is 2.31. The minimum Gasteiger partial charge on any atom is -0.296 e. The van der Waals surface area contributed by atoms with Gasteiger partial charge in [-0.25, -0.2) is 0 Å². The maximum atomic E-state index is 12.5. The Morgan fingerprint density at radius 1 is 1.24 bits per heavy atom. The van der Waals surface area contributed by atoms with Crippen molar-refractivity contribution in [1.29, 1.82) is 0 Å². The number of nitrogens with zero attached hydrogens (tertiary/aromatic N) is 2. The van der Waals surface area contributed by atoms with Crippen molar-refractivity contribution in [2.75, 3.05) is 0 Å². The molecule has 0 saturated heterocycles. The Labute approximate surface area is 93.5 Å². The topological polar surface area (TPSA) is 58.6 Å². The molecule has 4 nitrogen and oxygen atoms in total. The molecule has 88 valence electrons. The number of benzene rings is 1. The number of H-pyrrole nitrogens is 1. The highest BCUT2D eigenvalue weighted by Gasteiger charge is 2.30. The molecule has 0 bridgehead atoms. The second-order valence-corrected chi connectivity index (χ2v) is 3.25. The van der Waals surface area contributed by atoms with E-state index in [2.05, 4.69) is 15.4 Å². The Hall–Kier alpha value is -2.18. The van der Waals surface area contributed by atoms with Gasteiger partial charge in [-0.15, -0.1) is 0 Å². The zero-order valence-electron chi connectivity index (χ0n) is 8.32. The maximum Gasteiger partial charge on any atom is 0.416 e. The van der Waals surface area contributed by atoms with E-state index in [1.54, 1.807) is 0 Å². The van der Waals surface area contributed by atoms with Crippen LogP contribution in [0.3, 0.4) is 0 Å². The van der Waals surface area contributed by atoms with E-state index in [0.717, 1.165) is 12.1 Å². The lowest BCUT2D eigenvalue weighted by atomic mass is 10.1. The van der Waals surface area contributed by atoms with E-state index < -0.39 is 11.7 Å². The molecule has 0 spiro atoms. The van der Waals surface area contributed by atoms with E-state index in [4.69, 9.17) is 0 Å². The molecule has 0 amide bonds. The number of hydrogen-bond acceptors (Lipinski definition) is 3. The third-order valence-electron chi connectivity index (χ3n) is 2.15. The van der Waals surface area contributed by atoms with Gasteiger partial charge in [-0.1, -0.05) is 12.1 Å². The van der Waals surface area contributed by atoms with Crippen LogP contribution in [-0.4, -0.2) is 21.7 Å². The van der Waals surface area contributed by atoms with E-state index in [9.17, 15) is 18.0 Å². The minimum atomic E-state index is -4.43. The lowest BCUT2D eigenvalue weighted by Gasteiger charge is -2.07. The lowest BCUT2D eigenvalue weighted by molar-refractivity contribution is -0.137. The second kappa shape index (κ2) is 4.00. The fraction of sp³-hybridized carbons (Fsp3) is 0.100. The summed E-state index contributed by atoms with van der Waals surface area (Å²) >= 11 is 0. The molecular weight excluding hydrogens is 235 g/mol. The molecule has 0 aliphatic rings. The normalized spacial score (nSPS) is 11.5. The smallest absolute Gasteiger partial charge is 0.296 e. The number of halogens is 3. The van der Waals surface area contributed by atoms with Crippen LogP contribution >= 0.6 is 0 Å². The van der Waals surface area contributed by atoms with Crippen LogP contribution in [0.25, 0.3) is 11.3 Å². The zero-order valence-corrected chi connectivity index (χ0v) is 8.32. The van der Waals surface area contributed by atoms with Crippen molar-refractivity contribution in [3.63, 3.8) is 0 Å². The summed E-state index contributed by atoms with van der Waals surface area (Å²) in [5.74, 6) is 0. The van der Waals surface area contributed by atoms with Gasteiger partial charge in [0.25, 0.3) is 0 Å². The van der Waals surface area contributed by atoms with Crippen LogP contribution in [0.5, 0.6) is 0 Å². The number of aromatic amines is 1. The largest absolute Gasteiger partial charge is 0.416 e. The number of carbonyl (C=O) groups is 1. The molecule has 2 aromatic rings. The molecule has 1 aromatic carbocycles. The first-order valence-electron chi connectivity index (χ1n) is 4.56. The van der Waals surface area contributed by atoms with Crippen LogP contribution in [0.2, 0.25) is 0 Å². The number of nitrogens with one attached hydrogen (secondary N) is 1. The van der Waals surface area contributed by atoms with Gasteiger partial charge in [-0.05, 0) is 12.1 Å². The van der Waals surface area contributed by atoms with Gasteiger partial charge >= 0.3 is 6.18 Å². The highest BCUT2D eigenvalue weighted by molar-refractivity contribution is 5.82. The molecule has 0 unspecified atom stereocenters. The summed E-state index contributed by atoms with van der Waals surface area (Å²) < 4.78 is 37.4. The predicted molar refractivity (Wildman–Crippen MR) is 52.2 cm³/mol. The summed E-state index contributed by atoms with van der Waals surface area (Å²) in [5, 5.41) is 9.36. The highest BCUT2D eigenvalue weighted by atomic mass is 19.4. The Morgan fingerprint density at radius 3 is 2.65 bits per heavy atom. The van der Waals surface area contributed by atoms with Gasteiger partial charge in [0.05, 0.1) is 5.56 Å². The van der Waals surface area contributed by atoms with Crippen molar-refractivity contribution in [3.05, 3.63) is 35.5 Å². The molecule has 7 heteroatoms. The Bertz CT molecular complexity index is 548. The minimum absolute atomic E-state index is 0.0238. The SMILES string of the molecule is O=Cc1n[nH]nc1-c1cccc(C(F)(F)F)c1. The quantitative estimate of drug-likeness (QED) is 0.820. The average Bonchev–Trinajstić information content (AvgIpc) is 2.76. The van der Waals surface area contributed by atoms with E-state index >= 15 is 0 Å². The van der Waals surface area contributed by atoms with Gasteiger partial charge in [0.15, 0.2) is 12.0 Å². The predicted octanol–water partition coefficient (Wildman–Crippen LogP) is 2.30. The van der Waals surface area contributed by atoms with Crippen LogP contribution in [0, 0.1) is 0 Å². The monoisotopic (exact) mass is 241 g/mol. The number of alkyl halides is 3. The Kier molecular flexibility index (Phi) is 2.66. The van der Waals surface area contributed by atoms with Crippen LogP contribution < -0.4 is 0 Å². The first-order valence-corrected chi connectivity index (χ1v) is 4.56. The summed E-state index contributed by atoms with van der Waals surface area (Å²) in [7, 11) is 0. The summed E-state index contributed by atoms with van der Waals surface area (Å²) in [5.41, 5.74) is -0.527. The zero-order chi connectivity index (χ0) is 12.5. The lowest BCUT2D eigenvalue weighted by Crippen LogP contribution is -2.04. The van der Waals surface area contributed by atoms with Gasteiger partial charge in [-0.3, -0.25) is 4.79 Å². The Morgan fingerprint density at radius 2 is 2.00 bits per heavy atom. The van der Waals surface area contributed by atoms with Crippen LogP contribution in [-0.2, 0) is 6.18 Å². The first kappa shape index (κ1) is 11.3. The average molecular weight is 241 g/mol. The van der Waals surface area contributed by atoms with Crippen molar-refractivity contribution in [1.82, 2.24) is 15.4 Å². The molecule has 0 aliphatic heterocycles. The van der Waals surface area contributed by atoms with Crippen LogP contribution in [0.4, 0.5) is 13.2 Å². The van der Waals surface area contributed by atoms with Crippen molar-refractivity contribution in [2.24, 2.45) is 0 Å². The molecule has 17 heavy (non-hydrogen) atoms. The second-order valence-electron chi connectivity index (χ2n) is 3.25. The summed E-state index contributed by atoms with van der Waals surface area (Å²) in [4.78, 5) is 10.6. The van der Waals surface area contributed by atoms with Crippen molar-refractivity contribution in [3.8, 4) is 11.3 Å². The van der Waals surface area contributed by atoms with Gasteiger partial charge in [0.1, 0.15) is 5.69 Å². The summed E-state index contributed by atoms with van der Waals surface area (Å²) in [6.45, 7) is 0. The van der Waals surface area contributed by atoms with Crippen LogP contribution in [0.15, 0.2) is 24.3 Å². The van der Waals surface area contributed by atoms with Crippen molar-refractivity contribution < 1.29 is 18.0 Å². The molecule has 1 N–H and O–H groups in total. The van der Waals surface area contributed by atoms with E-state index in [-0.39, 0.29) is 17.0 Å². The molecular formula is C10H6F3N3O. The summed E-state index contributed by atoms with van der Waals surface area (Å²) in [6.07, 6.45) is -4.00. The van der Waals surface area contributed by atoms with Crippen molar-refractivity contribution >= 4 is 6.29 Å². The third-order valence-corrected chi connectivity index (χ3v) is 2.15. The number of hydrogen-bond donors (Lipinski definition) is 1. The van der Waals surface area contributed by atoms with E-state index in [0.29, 0.717) is 6.29 Å². The van der Waals surface area contributed by atoms with Crippen LogP contribution in [0.1, 0.15) is 16.1 Å². The van der Waals surface area contributed by atoms with Gasteiger partial charge in [0, 0.05) is 5.56 Å². The first-order chi connectivity index (χ1) is 8.02. The van der Waals surface area contributed by atoms with Crippen molar-refractivity contribution in [2.45, 2.75) is 6.18 Å². The van der Waals surface area contributed by atoms with Gasteiger partial charge in [-0.2, -0.15) is 28.6 Å². The fourth-order valence-corrected chi connectivity index (χ4v) is 1.38. The molecule has 2 rings (SSSR count).